The van der Waals surface area contributed by atoms with Crippen molar-refractivity contribution in [2.75, 3.05) is 11.9 Å². The van der Waals surface area contributed by atoms with Crippen molar-refractivity contribution in [1.29, 1.82) is 0 Å². The lowest BCUT2D eigenvalue weighted by Crippen LogP contribution is -2.41. The Balaban J connectivity index is 2.35. The van der Waals surface area contributed by atoms with Crippen molar-refractivity contribution in [2.45, 2.75) is 26.7 Å². The summed E-state index contributed by atoms with van der Waals surface area (Å²) in [5, 5.41) is 4.01. The Labute approximate surface area is 119 Å². The van der Waals surface area contributed by atoms with Gasteiger partial charge in [-0.15, -0.1) is 0 Å². The monoisotopic (exact) mass is 271 g/mol. The van der Waals surface area contributed by atoms with E-state index in [1.54, 1.807) is 6.20 Å². The minimum Gasteiger partial charge on any atom is -0.329 e. The summed E-state index contributed by atoms with van der Waals surface area (Å²) in [6, 6.07) is 9.64. The third-order valence-electron chi connectivity index (χ3n) is 4.11. The minimum absolute atomic E-state index is 0.0249. The van der Waals surface area contributed by atoms with Crippen molar-refractivity contribution < 1.29 is 4.79 Å². The SMILES string of the molecule is CCC(CC)(CN)C(=O)Nc1cccc2cccnc12. The van der Waals surface area contributed by atoms with Gasteiger partial charge in [-0.25, -0.2) is 0 Å². The van der Waals surface area contributed by atoms with Crippen molar-refractivity contribution in [2.24, 2.45) is 11.1 Å². The number of aromatic nitrogens is 1. The van der Waals surface area contributed by atoms with Gasteiger partial charge in [-0.1, -0.05) is 32.0 Å². The molecule has 3 N–H and O–H groups in total. The van der Waals surface area contributed by atoms with E-state index in [0.717, 1.165) is 29.4 Å². The highest BCUT2D eigenvalue weighted by atomic mass is 16.2. The van der Waals surface area contributed by atoms with E-state index < -0.39 is 5.41 Å². The molecule has 0 atom stereocenters. The normalized spacial score (nSPS) is 11.6. The van der Waals surface area contributed by atoms with Crippen molar-refractivity contribution in [3.63, 3.8) is 0 Å². The number of rotatable bonds is 5. The first-order valence-corrected chi connectivity index (χ1v) is 7.02. The molecule has 1 amide bonds. The molecule has 1 heterocycles. The lowest BCUT2D eigenvalue weighted by Gasteiger charge is -2.28. The molecule has 2 aromatic rings. The molecule has 2 rings (SSSR count). The van der Waals surface area contributed by atoms with Crippen LogP contribution < -0.4 is 11.1 Å². The van der Waals surface area contributed by atoms with Gasteiger partial charge in [-0.05, 0) is 25.0 Å². The highest BCUT2D eigenvalue weighted by Crippen LogP contribution is 2.28. The van der Waals surface area contributed by atoms with Crippen LogP contribution in [0.2, 0.25) is 0 Å². The molecule has 0 unspecified atom stereocenters. The molecular formula is C16H21N3O. The topological polar surface area (TPSA) is 68.0 Å². The predicted molar refractivity (Wildman–Crippen MR) is 82.4 cm³/mol. The Hall–Kier alpha value is -1.94. The third kappa shape index (κ3) is 2.51. The molecule has 0 bridgehead atoms. The summed E-state index contributed by atoms with van der Waals surface area (Å²) < 4.78 is 0. The average molecular weight is 271 g/mol. The van der Waals surface area contributed by atoms with Gasteiger partial charge >= 0.3 is 0 Å². The van der Waals surface area contributed by atoms with Crippen LogP contribution in [0.1, 0.15) is 26.7 Å². The number of anilines is 1. The minimum atomic E-state index is -0.503. The lowest BCUT2D eigenvalue weighted by atomic mass is 9.81. The Bertz CT molecular complexity index is 592. The number of nitrogens with two attached hydrogens (primary N) is 1. The highest BCUT2D eigenvalue weighted by Gasteiger charge is 2.33. The molecule has 4 nitrogen and oxygen atoms in total. The Kier molecular flexibility index (Phi) is 4.35. The first kappa shape index (κ1) is 14.5. The summed E-state index contributed by atoms with van der Waals surface area (Å²) in [6.07, 6.45) is 3.18. The van der Waals surface area contributed by atoms with Crippen LogP contribution in [0.25, 0.3) is 10.9 Å². The summed E-state index contributed by atoms with van der Waals surface area (Å²) in [4.78, 5) is 16.9. The van der Waals surface area contributed by atoms with Crippen molar-refractivity contribution >= 4 is 22.5 Å². The fourth-order valence-corrected chi connectivity index (χ4v) is 2.41. The smallest absolute Gasteiger partial charge is 0.231 e. The molecule has 0 saturated heterocycles. The Morgan fingerprint density at radius 2 is 1.95 bits per heavy atom. The lowest BCUT2D eigenvalue weighted by molar-refractivity contribution is -0.125. The standard InChI is InChI=1S/C16H21N3O/c1-3-16(4-2,11-17)15(20)19-13-9-5-7-12-8-6-10-18-14(12)13/h5-10H,3-4,11,17H2,1-2H3,(H,19,20). The van der Waals surface area contributed by atoms with Gasteiger partial charge in [0.25, 0.3) is 0 Å². The molecule has 0 saturated carbocycles. The van der Waals surface area contributed by atoms with Crippen LogP contribution in [0.3, 0.4) is 0 Å². The molecule has 1 aromatic heterocycles. The van der Waals surface area contributed by atoms with Crippen LogP contribution in [0.4, 0.5) is 5.69 Å². The van der Waals surface area contributed by atoms with Gasteiger partial charge in [0.15, 0.2) is 0 Å². The van der Waals surface area contributed by atoms with E-state index in [2.05, 4.69) is 10.3 Å². The number of fused-ring (bicyclic) bond motifs is 1. The molecule has 1 aromatic carbocycles. The summed E-state index contributed by atoms with van der Waals surface area (Å²) >= 11 is 0. The number of pyridine rings is 1. The van der Waals surface area contributed by atoms with Crippen LogP contribution >= 0.6 is 0 Å². The molecule has 0 radical (unpaired) electrons. The van der Waals surface area contributed by atoms with Gasteiger partial charge in [0, 0.05) is 18.1 Å². The second kappa shape index (κ2) is 6.01. The van der Waals surface area contributed by atoms with E-state index in [1.807, 2.05) is 44.2 Å². The number of para-hydroxylation sites is 1. The average Bonchev–Trinajstić information content (AvgIpc) is 2.50. The van der Waals surface area contributed by atoms with E-state index in [9.17, 15) is 4.79 Å². The first-order chi connectivity index (χ1) is 9.66. The van der Waals surface area contributed by atoms with E-state index >= 15 is 0 Å². The molecule has 20 heavy (non-hydrogen) atoms. The van der Waals surface area contributed by atoms with E-state index in [0.29, 0.717) is 6.54 Å². The zero-order valence-electron chi connectivity index (χ0n) is 12.0. The fourth-order valence-electron chi connectivity index (χ4n) is 2.41. The number of benzene rings is 1. The summed E-state index contributed by atoms with van der Waals surface area (Å²) in [5.41, 5.74) is 6.87. The molecule has 106 valence electrons. The molecule has 4 heteroatoms. The van der Waals surface area contributed by atoms with Gasteiger partial charge in [0.1, 0.15) is 0 Å². The van der Waals surface area contributed by atoms with Gasteiger partial charge in [0.05, 0.1) is 16.6 Å². The van der Waals surface area contributed by atoms with Gasteiger partial charge < -0.3 is 11.1 Å². The van der Waals surface area contributed by atoms with Crippen molar-refractivity contribution in [1.82, 2.24) is 4.98 Å². The number of hydrogen-bond acceptors (Lipinski definition) is 3. The van der Waals surface area contributed by atoms with Crippen molar-refractivity contribution in [3.05, 3.63) is 36.5 Å². The number of carbonyl (C=O) groups excluding carboxylic acids is 1. The largest absolute Gasteiger partial charge is 0.329 e. The molecule has 0 aliphatic heterocycles. The van der Waals surface area contributed by atoms with Crippen LogP contribution in [0.15, 0.2) is 36.5 Å². The number of nitrogens with zero attached hydrogens (tertiary/aromatic N) is 1. The van der Waals surface area contributed by atoms with Crippen LogP contribution in [-0.4, -0.2) is 17.4 Å². The maximum atomic E-state index is 12.6. The van der Waals surface area contributed by atoms with Gasteiger partial charge in [0.2, 0.25) is 5.91 Å². The van der Waals surface area contributed by atoms with E-state index in [4.69, 9.17) is 5.73 Å². The van der Waals surface area contributed by atoms with E-state index in [1.165, 1.54) is 0 Å². The Morgan fingerprint density at radius 3 is 2.60 bits per heavy atom. The first-order valence-electron chi connectivity index (χ1n) is 7.02. The van der Waals surface area contributed by atoms with Crippen molar-refractivity contribution in [3.8, 4) is 0 Å². The van der Waals surface area contributed by atoms with Crippen LogP contribution in [0, 0.1) is 5.41 Å². The van der Waals surface area contributed by atoms with Crippen LogP contribution in [-0.2, 0) is 4.79 Å². The maximum Gasteiger partial charge on any atom is 0.231 e. The molecule has 0 spiro atoms. The van der Waals surface area contributed by atoms with Gasteiger partial charge in [-0.3, -0.25) is 9.78 Å². The predicted octanol–water partition coefficient (Wildman–Crippen LogP) is 2.94. The molecular weight excluding hydrogens is 250 g/mol. The van der Waals surface area contributed by atoms with Crippen LogP contribution in [0.5, 0.6) is 0 Å². The summed E-state index contributed by atoms with van der Waals surface area (Å²) in [7, 11) is 0. The second-order valence-corrected chi connectivity index (χ2v) is 5.03. The summed E-state index contributed by atoms with van der Waals surface area (Å²) in [6.45, 7) is 4.35. The zero-order valence-corrected chi connectivity index (χ0v) is 12.0. The number of amides is 1. The summed E-state index contributed by atoms with van der Waals surface area (Å²) in [5.74, 6) is -0.0249. The zero-order chi connectivity index (χ0) is 14.6. The molecule has 0 aliphatic rings. The molecule has 0 aliphatic carbocycles. The number of hydrogen-bond donors (Lipinski definition) is 2. The fraction of sp³-hybridized carbons (Fsp3) is 0.375. The third-order valence-corrected chi connectivity index (χ3v) is 4.11. The molecule has 0 fully saturated rings. The van der Waals surface area contributed by atoms with Gasteiger partial charge in [-0.2, -0.15) is 0 Å². The second-order valence-electron chi connectivity index (χ2n) is 5.03. The maximum absolute atomic E-state index is 12.6. The number of carbonyl (C=O) groups is 1. The quantitative estimate of drug-likeness (QED) is 0.878. The number of nitrogens with one attached hydrogen (secondary N) is 1. The van der Waals surface area contributed by atoms with E-state index in [-0.39, 0.29) is 5.91 Å². The Morgan fingerprint density at radius 1 is 1.25 bits per heavy atom. The highest BCUT2D eigenvalue weighted by molar-refractivity contribution is 6.02.